The quantitative estimate of drug-likeness (QED) is 0.808. The van der Waals surface area contributed by atoms with Gasteiger partial charge in [0.2, 0.25) is 0 Å². The largest absolute Gasteiger partial charge is 0.497 e. The lowest BCUT2D eigenvalue weighted by Gasteiger charge is -2.20. The number of carboxylic acids is 1. The highest BCUT2D eigenvalue weighted by Gasteiger charge is 2.23. The van der Waals surface area contributed by atoms with Gasteiger partial charge in [0.1, 0.15) is 17.2 Å². The molecule has 5 heteroatoms. The molecule has 5 nitrogen and oxygen atoms in total. The number of rotatable bonds is 7. The predicted molar refractivity (Wildman–Crippen MR) is 100 cm³/mol. The van der Waals surface area contributed by atoms with Crippen LogP contribution in [0.15, 0.2) is 42.5 Å². The standard InChI is InChI=1S/C21H26O5/c1-21(2,3)15-7-10-16(11-8-15)26-19(20(22)23)12-14-6-9-17(24-4)13-18(14)25-5/h6-11,13,19H,12H2,1-5H3,(H,22,23)/t19-/m0/s1. The molecule has 0 bridgehead atoms. The molecule has 2 rings (SSSR count). The molecule has 0 aromatic heterocycles. The molecule has 0 heterocycles. The summed E-state index contributed by atoms with van der Waals surface area (Å²) in [5.41, 5.74) is 1.93. The van der Waals surface area contributed by atoms with E-state index in [1.807, 2.05) is 24.3 Å². The molecule has 2 aromatic carbocycles. The molecule has 1 N–H and O–H groups in total. The monoisotopic (exact) mass is 358 g/mol. The number of hydrogen-bond acceptors (Lipinski definition) is 4. The average molecular weight is 358 g/mol. The Morgan fingerprint density at radius 3 is 2.12 bits per heavy atom. The van der Waals surface area contributed by atoms with Crippen LogP contribution in [0.25, 0.3) is 0 Å². The van der Waals surface area contributed by atoms with Crippen LogP contribution in [0.1, 0.15) is 31.9 Å². The van der Waals surface area contributed by atoms with Crippen molar-refractivity contribution in [3.8, 4) is 17.2 Å². The molecule has 26 heavy (non-hydrogen) atoms. The molecular formula is C21H26O5. The second kappa shape index (κ2) is 8.13. The van der Waals surface area contributed by atoms with Gasteiger partial charge in [0.15, 0.2) is 6.10 Å². The molecule has 0 aliphatic carbocycles. The molecule has 0 saturated heterocycles. The Morgan fingerprint density at radius 1 is 1.00 bits per heavy atom. The minimum atomic E-state index is -1.03. The fourth-order valence-electron chi connectivity index (χ4n) is 2.60. The van der Waals surface area contributed by atoms with Crippen molar-refractivity contribution in [3.63, 3.8) is 0 Å². The van der Waals surface area contributed by atoms with Gasteiger partial charge in [-0.15, -0.1) is 0 Å². The first-order chi connectivity index (χ1) is 12.2. The summed E-state index contributed by atoms with van der Waals surface area (Å²) in [5.74, 6) is 0.721. The van der Waals surface area contributed by atoms with Crippen molar-refractivity contribution in [2.45, 2.75) is 38.7 Å². The van der Waals surface area contributed by atoms with E-state index in [-0.39, 0.29) is 11.8 Å². The molecule has 1 atom stereocenters. The Hall–Kier alpha value is -2.69. The predicted octanol–water partition coefficient (Wildman–Crippen LogP) is 4.08. The smallest absolute Gasteiger partial charge is 0.345 e. The fourth-order valence-corrected chi connectivity index (χ4v) is 2.60. The number of ether oxygens (including phenoxy) is 3. The third kappa shape index (κ3) is 4.91. The Balaban J connectivity index is 2.18. The van der Waals surface area contributed by atoms with E-state index < -0.39 is 12.1 Å². The molecule has 0 fully saturated rings. The van der Waals surface area contributed by atoms with Crippen LogP contribution in [0.2, 0.25) is 0 Å². The van der Waals surface area contributed by atoms with Crippen LogP contribution in [0.4, 0.5) is 0 Å². The summed E-state index contributed by atoms with van der Waals surface area (Å²) in [4.78, 5) is 11.7. The number of carbonyl (C=O) groups is 1. The van der Waals surface area contributed by atoms with Crippen LogP contribution < -0.4 is 14.2 Å². The number of methoxy groups -OCH3 is 2. The number of carboxylic acid groups (broad SMARTS) is 1. The van der Waals surface area contributed by atoms with E-state index in [1.54, 1.807) is 32.4 Å². The zero-order valence-electron chi connectivity index (χ0n) is 15.9. The molecule has 0 amide bonds. The third-order valence-corrected chi connectivity index (χ3v) is 4.17. The lowest BCUT2D eigenvalue weighted by molar-refractivity contribution is -0.145. The second-order valence-electron chi connectivity index (χ2n) is 7.10. The molecule has 0 unspecified atom stereocenters. The molecule has 0 aliphatic heterocycles. The van der Waals surface area contributed by atoms with E-state index in [0.717, 1.165) is 11.1 Å². The molecule has 2 aromatic rings. The first-order valence-electron chi connectivity index (χ1n) is 8.45. The van der Waals surface area contributed by atoms with Gasteiger partial charge in [-0.3, -0.25) is 0 Å². The lowest BCUT2D eigenvalue weighted by atomic mass is 9.87. The van der Waals surface area contributed by atoms with Gasteiger partial charge in [0.25, 0.3) is 0 Å². The minimum Gasteiger partial charge on any atom is -0.497 e. The summed E-state index contributed by atoms with van der Waals surface area (Å²) < 4.78 is 16.2. The zero-order chi connectivity index (χ0) is 19.3. The number of aliphatic carboxylic acids is 1. The zero-order valence-corrected chi connectivity index (χ0v) is 15.9. The van der Waals surface area contributed by atoms with Crippen molar-refractivity contribution >= 4 is 5.97 Å². The maximum Gasteiger partial charge on any atom is 0.345 e. The van der Waals surface area contributed by atoms with Gasteiger partial charge in [-0.2, -0.15) is 0 Å². The van der Waals surface area contributed by atoms with Crippen molar-refractivity contribution in [2.24, 2.45) is 0 Å². The highest BCUT2D eigenvalue weighted by molar-refractivity contribution is 5.73. The fraction of sp³-hybridized carbons (Fsp3) is 0.381. The Morgan fingerprint density at radius 2 is 1.62 bits per heavy atom. The maximum absolute atomic E-state index is 11.7. The van der Waals surface area contributed by atoms with Crippen LogP contribution in [-0.2, 0) is 16.6 Å². The van der Waals surface area contributed by atoms with Gasteiger partial charge in [-0.25, -0.2) is 4.79 Å². The van der Waals surface area contributed by atoms with Crippen LogP contribution in [0.3, 0.4) is 0 Å². The summed E-state index contributed by atoms with van der Waals surface area (Å²) in [6.07, 6.45) is -0.832. The molecule has 0 radical (unpaired) electrons. The summed E-state index contributed by atoms with van der Waals surface area (Å²) >= 11 is 0. The second-order valence-corrected chi connectivity index (χ2v) is 7.10. The topological polar surface area (TPSA) is 65.0 Å². The Kier molecular flexibility index (Phi) is 6.14. The Labute approximate surface area is 154 Å². The van der Waals surface area contributed by atoms with Crippen molar-refractivity contribution in [2.75, 3.05) is 14.2 Å². The van der Waals surface area contributed by atoms with Crippen LogP contribution in [-0.4, -0.2) is 31.4 Å². The normalized spacial score (nSPS) is 12.3. The van der Waals surface area contributed by atoms with Crippen LogP contribution >= 0.6 is 0 Å². The molecule has 0 spiro atoms. The first-order valence-corrected chi connectivity index (χ1v) is 8.45. The van der Waals surface area contributed by atoms with E-state index in [4.69, 9.17) is 14.2 Å². The van der Waals surface area contributed by atoms with Gasteiger partial charge in [0.05, 0.1) is 14.2 Å². The van der Waals surface area contributed by atoms with E-state index in [1.165, 1.54) is 0 Å². The van der Waals surface area contributed by atoms with Gasteiger partial charge in [-0.05, 0) is 34.7 Å². The summed E-state index contributed by atoms with van der Waals surface area (Å²) in [7, 11) is 3.11. The molecular weight excluding hydrogens is 332 g/mol. The van der Waals surface area contributed by atoms with Crippen LogP contribution in [0.5, 0.6) is 17.2 Å². The SMILES string of the molecule is COc1ccc(C[C@H](Oc2ccc(C(C)(C)C)cc2)C(=O)O)c(OC)c1. The van der Waals surface area contributed by atoms with E-state index in [9.17, 15) is 9.90 Å². The van der Waals surface area contributed by atoms with E-state index in [2.05, 4.69) is 20.8 Å². The van der Waals surface area contributed by atoms with Crippen molar-refractivity contribution in [1.29, 1.82) is 0 Å². The first kappa shape index (κ1) is 19.6. The third-order valence-electron chi connectivity index (χ3n) is 4.17. The average Bonchev–Trinajstić information content (AvgIpc) is 2.61. The molecule has 0 saturated carbocycles. The minimum absolute atomic E-state index is 0.0290. The van der Waals surface area contributed by atoms with E-state index in [0.29, 0.717) is 17.2 Å². The summed E-state index contributed by atoms with van der Waals surface area (Å²) in [6, 6.07) is 12.8. The van der Waals surface area contributed by atoms with Crippen molar-refractivity contribution < 1.29 is 24.1 Å². The summed E-state index contributed by atoms with van der Waals surface area (Å²) in [5, 5.41) is 9.55. The van der Waals surface area contributed by atoms with Gasteiger partial charge < -0.3 is 19.3 Å². The molecule has 140 valence electrons. The van der Waals surface area contributed by atoms with Gasteiger partial charge in [-0.1, -0.05) is 39.0 Å². The highest BCUT2D eigenvalue weighted by Crippen LogP contribution is 2.28. The van der Waals surface area contributed by atoms with Gasteiger partial charge >= 0.3 is 5.97 Å². The lowest BCUT2D eigenvalue weighted by Crippen LogP contribution is -2.29. The van der Waals surface area contributed by atoms with Gasteiger partial charge in [0, 0.05) is 12.5 Å². The maximum atomic E-state index is 11.7. The van der Waals surface area contributed by atoms with Crippen molar-refractivity contribution in [1.82, 2.24) is 0 Å². The number of benzene rings is 2. The summed E-state index contributed by atoms with van der Waals surface area (Å²) in [6.45, 7) is 6.37. The van der Waals surface area contributed by atoms with Crippen molar-refractivity contribution in [3.05, 3.63) is 53.6 Å². The Bertz CT molecular complexity index is 744. The number of hydrogen-bond donors (Lipinski definition) is 1. The van der Waals surface area contributed by atoms with Crippen LogP contribution in [0, 0.1) is 0 Å². The molecule has 0 aliphatic rings. The van der Waals surface area contributed by atoms with E-state index >= 15 is 0 Å². The highest BCUT2D eigenvalue weighted by atomic mass is 16.5.